The zero-order valence-electron chi connectivity index (χ0n) is 24.1. The Kier molecular flexibility index (Phi) is 10.2. The Morgan fingerprint density at radius 1 is 0.889 bits per heavy atom. The van der Waals surface area contributed by atoms with Crippen molar-refractivity contribution < 1.29 is 9.47 Å². The van der Waals surface area contributed by atoms with E-state index in [1.807, 2.05) is 0 Å². The molecule has 210 valence electrons. The lowest BCUT2D eigenvalue weighted by atomic mass is 9.43. The fraction of sp³-hybridized carbons (Fsp3) is 1.00. The van der Waals surface area contributed by atoms with Gasteiger partial charge in [-0.1, -0.05) is 20.8 Å². The van der Waals surface area contributed by atoms with Crippen molar-refractivity contribution in [1.29, 1.82) is 0 Å². The minimum atomic E-state index is 0.320. The molecule has 5 nitrogen and oxygen atoms in total. The second-order valence-electron chi connectivity index (χ2n) is 13.6. The third-order valence-electron chi connectivity index (χ3n) is 11.9. The third kappa shape index (κ3) is 5.57. The summed E-state index contributed by atoms with van der Waals surface area (Å²) in [5, 5.41) is 3.36. The van der Waals surface area contributed by atoms with Crippen LogP contribution in [0.2, 0.25) is 0 Å². The van der Waals surface area contributed by atoms with Gasteiger partial charge in [-0.2, -0.15) is 0 Å². The molecule has 5 heteroatoms. The van der Waals surface area contributed by atoms with Crippen LogP contribution in [0.25, 0.3) is 0 Å². The van der Waals surface area contributed by atoms with Crippen LogP contribution in [0.15, 0.2) is 0 Å². The second-order valence-corrected chi connectivity index (χ2v) is 13.6. The van der Waals surface area contributed by atoms with Crippen molar-refractivity contribution in [3.63, 3.8) is 0 Å². The molecule has 0 saturated heterocycles. The standard InChI is InChI=1S/C31H59N3O2/c1-22(8-5-17-34-4)26-11-12-27-25-10-9-23-20-24(35-18-6-15-32)13-14-30(23,2)28(25)21-29(31(26,27)3)36-19-7-16-33/h22-29,34H,5-21,32-33H2,1-4H3/t22-,23?,24-,25?,26?,27+,28?,29+,30?,31-/m1/s1. The van der Waals surface area contributed by atoms with Crippen LogP contribution in [0, 0.1) is 46.3 Å². The first-order valence-corrected chi connectivity index (χ1v) is 15.7. The molecule has 0 aromatic rings. The number of hydrogen-bond acceptors (Lipinski definition) is 5. The molecule has 5 unspecified atom stereocenters. The number of hydrogen-bond donors (Lipinski definition) is 3. The number of ether oxygens (including phenoxy) is 2. The number of nitrogens with two attached hydrogens (primary N) is 2. The van der Waals surface area contributed by atoms with Crippen molar-refractivity contribution in [2.24, 2.45) is 57.8 Å². The van der Waals surface area contributed by atoms with Gasteiger partial charge in [0.15, 0.2) is 0 Å². The van der Waals surface area contributed by atoms with Gasteiger partial charge in [0.1, 0.15) is 0 Å². The molecule has 5 N–H and O–H groups in total. The van der Waals surface area contributed by atoms with E-state index in [0.717, 1.165) is 81.2 Å². The van der Waals surface area contributed by atoms with E-state index in [9.17, 15) is 0 Å². The Morgan fingerprint density at radius 2 is 1.64 bits per heavy atom. The summed E-state index contributed by atoms with van der Waals surface area (Å²) in [7, 11) is 2.08. The van der Waals surface area contributed by atoms with Gasteiger partial charge in [-0.05, 0) is 150 Å². The van der Waals surface area contributed by atoms with Crippen LogP contribution >= 0.6 is 0 Å². The van der Waals surface area contributed by atoms with E-state index < -0.39 is 0 Å². The molecule has 4 rings (SSSR count). The molecule has 4 aliphatic carbocycles. The fourth-order valence-electron chi connectivity index (χ4n) is 9.96. The average molecular weight is 506 g/mol. The largest absolute Gasteiger partial charge is 0.378 e. The van der Waals surface area contributed by atoms with E-state index in [4.69, 9.17) is 20.9 Å². The number of rotatable bonds is 13. The third-order valence-corrected chi connectivity index (χ3v) is 11.9. The molecule has 4 aliphatic rings. The van der Waals surface area contributed by atoms with Crippen LogP contribution in [0.4, 0.5) is 0 Å². The Hall–Kier alpha value is -0.200. The van der Waals surface area contributed by atoms with E-state index in [1.54, 1.807) is 0 Å². The predicted octanol–water partition coefficient (Wildman–Crippen LogP) is 5.36. The van der Waals surface area contributed by atoms with Crippen LogP contribution in [-0.2, 0) is 9.47 Å². The fourth-order valence-corrected chi connectivity index (χ4v) is 9.96. The van der Waals surface area contributed by atoms with Crippen molar-refractivity contribution in [2.45, 2.75) is 110 Å². The highest BCUT2D eigenvalue weighted by atomic mass is 16.5. The molecule has 4 fully saturated rings. The van der Waals surface area contributed by atoms with Gasteiger partial charge in [0.05, 0.1) is 12.2 Å². The van der Waals surface area contributed by atoms with E-state index in [1.165, 1.54) is 64.2 Å². The van der Waals surface area contributed by atoms with Crippen molar-refractivity contribution in [2.75, 3.05) is 39.9 Å². The van der Waals surface area contributed by atoms with Gasteiger partial charge in [0.2, 0.25) is 0 Å². The molecular weight excluding hydrogens is 446 g/mol. The summed E-state index contributed by atoms with van der Waals surface area (Å²) in [5.41, 5.74) is 12.4. The summed E-state index contributed by atoms with van der Waals surface area (Å²) in [6, 6.07) is 0. The van der Waals surface area contributed by atoms with Gasteiger partial charge in [-0.25, -0.2) is 0 Å². The predicted molar refractivity (Wildman–Crippen MR) is 150 cm³/mol. The maximum absolute atomic E-state index is 6.88. The highest BCUT2D eigenvalue weighted by Crippen LogP contribution is 2.69. The van der Waals surface area contributed by atoms with Crippen molar-refractivity contribution in [1.82, 2.24) is 5.32 Å². The van der Waals surface area contributed by atoms with Crippen LogP contribution in [0.3, 0.4) is 0 Å². The molecule has 0 spiro atoms. The summed E-state index contributed by atoms with van der Waals surface area (Å²) in [4.78, 5) is 0. The molecule has 0 aromatic heterocycles. The van der Waals surface area contributed by atoms with E-state index in [0.29, 0.717) is 23.0 Å². The molecule has 0 heterocycles. The van der Waals surface area contributed by atoms with E-state index in [2.05, 4.69) is 33.1 Å². The van der Waals surface area contributed by atoms with Gasteiger partial charge in [-0.15, -0.1) is 0 Å². The highest BCUT2D eigenvalue weighted by molar-refractivity contribution is 5.13. The van der Waals surface area contributed by atoms with Crippen molar-refractivity contribution in [3.8, 4) is 0 Å². The maximum Gasteiger partial charge on any atom is 0.0637 e. The Morgan fingerprint density at radius 3 is 2.36 bits per heavy atom. The maximum atomic E-state index is 6.88. The number of nitrogens with one attached hydrogen (secondary N) is 1. The van der Waals surface area contributed by atoms with Crippen LogP contribution in [-0.4, -0.2) is 52.1 Å². The molecule has 0 aromatic carbocycles. The zero-order valence-corrected chi connectivity index (χ0v) is 24.1. The molecule has 36 heavy (non-hydrogen) atoms. The smallest absolute Gasteiger partial charge is 0.0637 e. The lowest BCUT2D eigenvalue weighted by molar-refractivity contribution is -0.192. The van der Waals surface area contributed by atoms with Crippen LogP contribution in [0.5, 0.6) is 0 Å². The monoisotopic (exact) mass is 505 g/mol. The molecule has 10 atom stereocenters. The molecule has 4 saturated carbocycles. The lowest BCUT2D eigenvalue weighted by Gasteiger charge is -2.63. The van der Waals surface area contributed by atoms with Gasteiger partial charge in [0.25, 0.3) is 0 Å². The average Bonchev–Trinajstić information content (AvgIpc) is 3.23. The molecule has 0 radical (unpaired) electrons. The quantitative estimate of drug-likeness (QED) is 0.294. The first kappa shape index (κ1) is 28.8. The van der Waals surface area contributed by atoms with Crippen LogP contribution < -0.4 is 16.8 Å². The summed E-state index contributed by atoms with van der Waals surface area (Å²) in [6.45, 7) is 12.1. The molecule has 0 amide bonds. The van der Waals surface area contributed by atoms with Crippen LogP contribution in [0.1, 0.15) is 97.8 Å². The lowest BCUT2D eigenvalue weighted by Crippen LogP contribution is -2.59. The first-order chi connectivity index (χ1) is 17.4. The zero-order chi connectivity index (χ0) is 25.8. The Labute approximate surface area is 222 Å². The topological polar surface area (TPSA) is 82.5 Å². The second kappa shape index (κ2) is 12.8. The SMILES string of the molecule is CNCCC[C@@H](C)C1CC[C@H]2C3CCC4C[C@H](OCCCN)CCC4(C)C3C[C@H](OCCCN)[C@]12C. The molecular formula is C31H59N3O2. The summed E-state index contributed by atoms with van der Waals surface area (Å²) in [6.07, 6.45) is 16.2. The first-order valence-electron chi connectivity index (χ1n) is 15.7. The minimum Gasteiger partial charge on any atom is -0.378 e. The highest BCUT2D eigenvalue weighted by Gasteiger charge is 2.64. The summed E-state index contributed by atoms with van der Waals surface area (Å²) >= 11 is 0. The van der Waals surface area contributed by atoms with E-state index >= 15 is 0 Å². The molecule has 0 aliphatic heterocycles. The number of fused-ring (bicyclic) bond motifs is 5. The van der Waals surface area contributed by atoms with Gasteiger partial charge in [0, 0.05) is 13.2 Å². The normalized spacial score (nSPS) is 43.0. The van der Waals surface area contributed by atoms with Gasteiger partial charge in [-0.3, -0.25) is 0 Å². The Balaban J connectivity index is 1.52. The van der Waals surface area contributed by atoms with Gasteiger partial charge >= 0.3 is 0 Å². The van der Waals surface area contributed by atoms with Crippen molar-refractivity contribution in [3.05, 3.63) is 0 Å². The van der Waals surface area contributed by atoms with Crippen molar-refractivity contribution >= 4 is 0 Å². The van der Waals surface area contributed by atoms with Gasteiger partial charge < -0.3 is 26.3 Å². The molecule has 0 bridgehead atoms. The Bertz CT molecular complexity index is 676. The summed E-state index contributed by atoms with van der Waals surface area (Å²) in [5.74, 6) is 4.89. The minimum absolute atomic E-state index is 0.320. The van der Waals surface area contributed by atoms with E-state index in [-0.39, 0.29) is 0 Å². The summed E-state index contributed by atoms with van der Waals surface area (Å²) < 4.78 is 13.2.